The van der Waals surface area contributed by atoms with Gasteiger partial charge in [0, 0.05) is 10.6 Å². The van der Waals surface area contributed by atoms with E-state index in [9.17, 15) is 4.79 Å². The Morgan fingerprint density at radius 2 is 2.12 bits per heavy atom. The summed E-state index contributed by atoms with van der Waals surface area (Å²) in [6.45, 7) is 1.82. The monoisotopic (exact) mass is 352 g/mol. The maximum absolute atomic E-state index is 12.2. The smallest absolute Gasteiger partial charge is 0.248 e. The Balaban J connectivity index is 1.74. The summed E-state index contributed by atoms with van der Waals surface area (Å²) in [5.74, 6) is 0.0684. The Morgan fingerprint density at radius 1 is 1.32 bits per heavy atom. The number of rotatable bonds is 4. The lowest BCUT2D eigenvalue weighted by atomic mass is 10.1. The molecule has 3 aromatic rings. The summed E-state index contributed by atoms with van der Waals surface area (Å²) < 4.78 is 0. The summed E-state index contributed by atoms with van der Waals surface area (Å²) in [4.78, 5) is 13.4. The molecule has 1 amide bonds. The van der Waals surface area contributed by atoms with Gasteiger partial charge >= 0.3 is 0 Å². The van der Waals surface area contributed by atoms with Gasteiger partial charge in [-0.05, 0) is 35.9 Å². The maximum atomic E-state index is 12.2. The van der Waals surface area contributed by atoms with Gasteiger partial charge in [0.05, 0.1) is 11.3 Å². The number of amides is 1. The topological polar surface area (TPSA) is 96.5 Å². The fourth-order valence-electron chi connectivity index (χ4n) is 2.28. The first-order valence-electron chi connectivity index (χ1n) is 7.40. The second-order valence-corrected chi connectivity index (χ2v) is 5.74. The van der Waals surface area contributed by atoms with E-state index in [1.165, 1.54) is 10.9 Å². The number of nitriles is 1. The van der Waals surface area contributed by atoms with Gasteiger partial charge in [0.15, 0.2) is 0 Å². The van der Waals surface area contributed by atoms with Crippen LogP contribution in [0, 0.1) is 18.3 Å². The minimum Gasteiger partial charge on any atom is -0.323 e. The minimum atomic E-state index is -0.382. The first kappa shape index (κ1) is 16.6. The van der Waals surface area contributed by atoms with Gasteiger partial charge in [-0.25, -0.2) is 0 Å². The van der Waals surface area contributed by atoms with Crippen LogP contribution in [0.15, 0.2) is 42.5 Å². The number of hydrogen-bond acceptors (Lipinski definition) is 5. The summed E-state index contributed by atoms with van der Waals surface area (Å²) in [5, 5.41) is 24.3. The highest BCUT2D eigenvalue weighted by Gasteiger charge is 2.12. The van der Waals surface area contributed by atoms with E-state index in [4.69, 9.17) is 16.9 Å². The number of tetrazole rings is 1. The number of carbonyl (C=O) groups excluding carboxylic acids is 1. The van der Waals surface area contributed by atoms with E-state index in [1.54, 1.807) is 12.1 Å². The lowest BCUT2D eigenvalue weighted by molar-refractivity contribution is -0.117. The standard InChI is InChI=1S/C17H13ClN6O/c1-11-4-2-3-5-14(11)17-21-23-24(22-17)10-16(25)20-15-8-13(18)7-6-12(15)9-19/h2-8H,10H2,1H3,(H,20,25). The average molecular weight is 353 g/mol. The minimum absolute atomic E-state index is 0.129. The van der Waals surface area contributed by atoms with Gasteiger partial charge in [-0.3, -0.25) is 4.79 Å². The molecule has 0 bridgehead atoms. The molecule has 0 saturated heterocycles. The van der Waals surface area contributed by atoms with Crippen molar-refractivity contribution in [3.63, 3.8) is 0 Å². The van der Waals surface area contributed by atoms with Crippen molar-refractivity contribution in [1.82, 2.24) is 20.2 Å². The van der Waals surface area contributed by atoms with Crippen LogP contribution in [-0.2, 0) is 11.3 Å². The molecule has 0 unspecified atom stereocenters. The first-order chi connectivity index (χ1) is 12.1. The van der Waals surface area contributed by atoms with E-state index in [0.717, 1.165) is 11.1 Å². The molecule has 7 nitrogen and oxygen atoms in total. The number of halogens is 1. The number of carbonyl (C=O) groups is 1. The molecule has 0 radical (unpaired) electrons. The van der Waals surface area contributed by atoms with Crippen LogP contribution in [0.5, 0.6) is 0 Å². The van der Waals surface area contributed by atoms with Crippen LogP contribution in [0.3, 0.4) is 0 Å². The molecule has 0 spiro atoms. The molecule has 25 heavy (non-hydrogen) atoms. The number of hydrogen-bond donors (Lipinski definition) is 1. The Morgan fingerprint density at radius 3 is 2.88 bits per heavy atom. The number of aryl methyl sites for hydroxylation is 1. The third kappa shape index (κ3) is 3.82. The van der Waals surface area contributed by atoms with E-state index < -0.39 is 0 Å². The van der Waals surface area contributed by atoms with E-state index in [1.807, 2.05) is 37.3 Å². The Labute approximate surface area is 148 Å². The largest absolute Gasteiger partial charge is 0.323 e. The Bertz CT molecular complexity index is 975. The molecule has 0 aliphatic carbocycles. The summed E-state index contributed by atoms with van der Waals surface area (Å²) in [7, 11) is 0. The number of nitrogens with one attached hydrogen (secondary N) is 1. The second-order valence-electron chi connectivity index (χ2n) is 5.31. The summed E-state index contributed by atoms with van der Waals surface area (Å²) in [6.07, 6.45) is 0. The van der Waals surface area contributed by atoms with Crippen molar-refractivity contribution < 1.29 is 4.79 Å². The van der Waals surface area contributed by atoms with Crippen LogP contribution < -0.4 is 5.32 Å². The summed E-state index contributed by atoms with van der Waals surface area (Å²) >= 11 is 5.90. The van der Waals surface area contributed by atoms with Crippen LogP contribution in [0.4, 0.5) is 5.69 Å². The fourth-order valence-corrected chi connectivity index (χ4v) is 2.45. The normalized spacial score (nSPS) is 10.3. The van der Waals surface area contributed by atoms with Crippen LogP contribution in [0.1, 0.15) is 11.1 Å². The van der Waals surface area contributed by atoms with Gasteiger partial charge in [0.25, 0.3) is 0 Å². The van der Waals surface area contributed by atoms with Crippen molar-refractivity contribution in [2.24, 2.45) is 0 Å². The van der Waals surface area contributed by atoms with Crippen molar-refractivity contribution in [2.45, 2.75) is 13.5 Å². The van der Waals surface area contributed by atoms with Gasteiger partial charge in [-0.2, -0.15) is 10.1 Å². The number of nitrogens with zero attached hydrogens (tertiary/aromatic N) is 5. The average Bonchev–Trinajstić information content (AvgIpc) is 3.03. The highest BCUT2D eigenvalue weighted by atomic mass is 35.5. The first-order valence-corrected chi connectivity index (χ1v) is 7.78. The van der Waals surface area contributed by atoms with Gasteiger partial charge in [0.1, 0.15) is 12.6 Å². The van der Waals surface area contributed by atoms with Crippen LogP contribution in [0.25, 0.3) is 11.4 Å². The van der Waals surface area contributed by atoms with Crippen molar-refractivity contribution >= 4 is 23.2 Å². The van der Waals surface area contributed by atoms with E-state index in [0.29, 0.717) is 22.1 Å². The van der Waals surface area contributed by atoms with E-state index in [-0.39, 0.29) is 12.5 Å². The molecular weight excluding hydrogens is 340 g/mol. The van der Waals surface area contributed by atoms with Crippen molar-refractivity contribution in [1.29, 1.82) is 5.26 Å². The molecule has 1 aromatic heterocycles. The zero-order chi connectivity index (χ0) is 17.8. The van der Waals surface area contributed by atoms with Gasteiger partial charge in [-0.1, -0.05) is 35.9 Å². The summed E-state index contributed by atoms with van der Waals surface area (Å²) in [5.41, 5.74) is 2.55. The van der Waals surface area contributed by atoms with Gasteiger partial charge in [0.2, 0.25) is 11.7 Å². The second kappa shape index (κ2) is 7.11. The van der Waals surface area contributed by atoms with Crippen LogP contribution in [-0.4, -0.2) is 26.1 Å². The Hall–Kier alpha value is -3.24. The highest BCUT2D eigenvalue weighted by Crippen LogP contribution is 2.20. The van der Waals surface area contributed by atoms with Crippen LogP contribution in [0.2, 0.25) is 5.02 Å². The van der Waals surface area contributed by atoms with Gasteiger partial charge < -0.3 is 5.32 Å². The molecule has 1 heterocycles. The zero-order valence-corrected chi connectivity index (χ0v) is 14.0. The third-order valence-corrected chi connectivity index (χ3v) is 3.74. The number of aromatic nitrogens is 4. The predicted octanol–water partition coefficient (Wildman–Crippen LogP) is 2.81. The molecule has 8 heteroatoms. The van der Waals surface area contributed by atoms with Crippen molar-refractivity contribution in [3.8, 4) is 17.5 Å². The van der Waals surface area contributed by atoms with Crippen molar-refractivity contribution in [3.05, 3.63) is 58.6 Å². The van der Waals surface area contributed by atoms with Crippen LogP contribution >= 0.6 is 11.6 Å². The molecule has 124 valence electrons. The molecule has 2 aromatic carbocycles. The zero-order valence-electron chi connectivity index (χ0n) is 13.3. The lowest BCUT2D eigenvalue weighted by Crippen LogP contribution is -2.21. The Kier molecular flexibility index (Phi) is 4.73. The molecule has 0 aliphatic rings. The van der Waals surface area contributed by atoms with E-state index in [2.05, 4.69) is 20.7 Å². The molecule has 0 atom stereocenters. The van der Waals surface area contributed by atoms with E-state index >= 15 is 0 Å². The van der Waals surface area contributed by atoms with Gasteiger partial charge in [-0.15, -0.1) is 10.2 Å². The predicted molar refractivity (Wildman–Crippen MR) is 92.8 cm³/mol. The maximum Gasteiger partial charge on any atom is 0.248 e. The fraction of sp³-hybridized carbons (Fsp3) is 0.118. The highest BCUT2D eigenvalue weighted by molar-refractivity contribution is 6.31. The molecule has 3 rings (SSSR count). The lowest BCUT2D eigenvalue weighted by Gasteiger charge is -2.06. The van der Waals surface area contributed by atoms with Crippen molar-refractivity contribution in [2.75, 3.05) is 5.32 Å². The molecule has 1 N–H and O–H groups in total. The molecule has 0 fully saturated rings. The molecule has 0 saturated carbocycles. The number of benzene rings is 2. The summed E-state index contributed by atoms with van der Waals surface area (Å²) in [6, 6.07) is 14.3. The third-order valence-electron chi connectivity index (χ3n) is 3.50. The number of anilines is 1. The SMILES string of the molecule is Cc1ccccc1-c1nnn(CC(=O)Nc2cc(Cl)ccc2C#N)n1. The molecular formula is C17H13ClN6O. The molecule has 0 aliphatic heterocycles. The quantitative estimate of drug-likeness (QED) is 0.778.